The van der Waals surface area contributed by atoms with Crippen molar-refractivity contribution < 1.29 is 9.53 Å². The first-order valence-corrected chi connectivity index (χ1v) is 8.49. The first-order chi connectivity index (χ1) is 12.2. The number of carbonyl (C=O) groups excluding carboxylic acids is 1. The predicted molar refractivity (Wildman–Crippen MR) is 98.0 cm³/mol. The Kier molecular flexibility index (Phi) is 5.71. The van der Waals surface area contributed by atoms with E-state index in [-0.39, 0.29) is 18.2 Å². The van der Waals surface area contributed by atoms with E-state index in [1.54, 1.807) is 4.90 Å². The average Bonchev–Trinajstić information content (AvgIpc) is 2.66. The van der Waals surface area contributed by atoms with Crippen molar-refractivity contribution in [1.29, 1.82) is 0 Å². The Balaban J connectivity index is 1.55. The Morgan fingerprint density at radius 2 is 1.80 bits per heavy atom. The summed E-state index contributed by atoms with van der Waals surface area (Å²) in [6.45, 7) is 3.45. The lowest BCUT2D eigenvalue weighted by Crippen LogP contribution is -2.49. The van der Waals surface area contributed by atoms with Gasteiger partial charge < -0.3 is 15.0 Å². The molecule has 2 unspecified atom stereocenters. The van der Waals surface area contributed by atoms with Gasteiger partial charge in [0.15, 0.2) is 0 Å². The van der Waals surface area contributed by atoms with E-state index in [1.807, 2.05) is 67.6 Å². The van der Waals surface area contributed by atoms with Gasteiger partial charge in [0, 0.05) is 12.1 Å². The van der Waals surface area contributed by atoms with Crippen LogP contribution in [0.3, 0.4) is 0 Å². The van der Waals surface area contributed by atoms with Crippen molar-refractivity contribution >= 4 is 6.03 Å². The Bertz CT molecular complexity index is 750. The molecule has 1 N–H and O–H groups in total. The molecule has 2 amide bonds. The molecule has 25 heavy (non-hydrogen) atoms. The highest BCUT2D eigenvalue weighted by Crippen LogP contribution is 2.24. The van der Waals surface area contributed by atoms with Crippen molar-refractivity contribution in [2.45, 2.75) is 19.1 Å². The lowest BCUT2D eigenvalue weighted by molar-refractivity contribution is -0.0655. The fraction of sp³-hybridized carbons (Fsp3) is 0.286. The fourth-order valence-electron chi connectivity index (χ4n) is 2.87. The average molecular weight is 334 g/mol. The van der Waals surface area contributed by atoms with Crippen molar-refractivity contribution in [3.63, 3.8) is 0 Å². The molecule has 0 spiro atoms. The van der Waals surface area contributed by atoms with Crippen LogP contribution in [0.5, 0.6) is 0 Å². The second-order valence-corrected chi connectivity index (χ2v) is 6.08. The number of amides is 2. The number of hydrogen-bond donors (Lipinski definition) is 1. The molecule has 0 saturated carbocycles. The van der Waals surface area contributed by atoms with Crippen LogP contribution < -0.4 is 5.32 Å². The van der Waals surface area contributed by atoms with Gasteiger partial charge >= 0.3 is 6.03 Å². The molecule has 128 valence electrons. The second kappa shape index (κ2) is 8.36. The lowest BCUT2D eigenvalue weighted by atomic mass is 10.1. The monoisotopic (exact) mass is 334 g/mol. The van der Waals surface area contributed by atoms with E-state index in [4.69, 9.17) is 4.74 Å². The maximum atomic E-state index is 12.4. The molecule has 1 aliphatic rings. The maximum Gasteiger partial charge on any atom is 0.318 e. The molecule has 3 rings (SSSR count). The SMILES string of the molecule is CC1CN(C(=O)NCC#Cc2ccccc2)CC(c2ccccc2)O1. The number of rotatable bonds is 2. The number of hydrogen-bond acceptors (Lipinski definition) is 2. The van der Waals surface area contributed by atoms with Crippen LogP contribution in [0.4, 0.5) is 4.79 Å². The third kappa shape index (κ3) is 4.85. The topological polar surface area (TPSA) is 41.6 Å². The van der Waals surface area contributed by atoms with Gasteiger partial charge in [-0.25, -0.2) is 4.79 Å². The quantitative estimate of drug-likeness (QED) is 0.857. The van der Waals surface area contributed by atoms with E-state index in [9.17, 15) is 4.79 Å². The second-order valence-electron chi connectivity index (χ2n) is 6.08. The highest BCUT2D eigenvalue weighted by molar-refractivity contribution is 5.74. The normalized spacial score (nSPS) is 19.6. The largest absolute Gasteiger partial charge is 0.367 e. The Labute approximate surface area is 148 Å². The minimum atomic E-state index is -0.0987. The van der Waals surface area contributed by atoms with Crippen LogP contribution in [0.15, 0.2) is 60.7 Å². The summed E-state index contributed by atoms with van der Waals surface area (Å²) in [6.07, 6.45) is -0.0915. The molecule has 2 aromatic rings. The Morgan fingerprint density at radius 1 is 1.12 bits per heavy atom. The zero-order chi connectivity index (χ0) is 17.5. The number of nitrogens with zero attached hydrogens (tertiary/aromatic N) is 1. The van der Waals surface area contributed by atoms with Crippen molar-refractivity contribution in [1.82, 2.24) is 10.2 Å². The highest BCUT2D eigenvalue weighted by Gasteiger charge is 2.29. The molecule has 0 aromatic heterocycles. The van der Waals surface area contributed by atoms with E-state index in [0.29, 0.717) is 19.6 Å². The molecule has 2 atom stereocenters. The van der Waals surface area contributed by atoms with E-state index < -0.39 is 0 Å². The van der Waals surface area contributed by atoms with E-state index in [0.717, 1.165) is 11.1 Å². The molecule has 0 bridgehead atoms. The summed E-state index contributed by atoms with van der Waals surface area (Å²) in [5.74, 6) is 6.02. The first-order valence-electron chi connectivity index (χ1n) is 8.49. The molecule has 4 heteroatoms. The summed E-state index contributed by atoms with van der Waals surface area (Å²) in [6, 6.07) is 19.7. The zero-order valence-electron chi connectivity index (χ0n) is 14.3. The van der Waals surface area contributed by atoms with Gasteiger partial charge in [0.05, 0.1) is 19.2 Å². The number of carbonyl (C=O) groups is 1. The van der Waals surface area contributed by atoms with Crippen LogP contribution >= 0.6 is 0 Å². The van der Waals surface area contributed by atoms with Crippen LogP contribution in [-0.4, -0.2) is 36.7 Å². The molecule has 1 aliphatic heterocycles. The van der Waals surface area contributed by atoms with Crippen LogP contribution in [0.2, 0.25) is 0 Å². The number of benzene rings is 2. The first kappa shape index (κ1) is 17.1. The molecule has 1 saturated heterocycles. The molecule has 0 radical (unpaired) electrons. The van der Waals surface area contributed by atoms with E-state index in [1.165, 1.54) is 0 Å². The molecular weight excluding hydrogens is 312 g/mol. The maximum absolute atomic E-state index is 12.4. The van der Waals surface area contributed by atoms with Crippen molar-refractivity contribution in [3.05, 3.63) is 71.8 Å². The highest BCUT2D eigenvalue weighted by atomic mass is 16.5. The summed E-state index contributed by atoms with van der Waals surface area (Å²) in [5, 5.41) is 2.87. The van der Waals surface area contributed by atoms with Gasteiger partial charge in [0.25, 0.3) is 0 Å². The molecule has 4 nitrogen and oxygen atoms in total. The van der Waals surface area contributed by atoms with Crippen molar-refractivity contribution in [2.24, 2.45) is 0 Å². The summed E-state index contributed by atoms with van der Waals surface area (Å²) < 4.78 is 5.99. The van der Waals surface area contributed by atoms with Crippen molar-refractivity contribution in [2.75, 3.05) is 19.6 Å². The molecule has 1 fully saturated rings. The standard InChI is InChI=1S/C21H22N2O2/c1-17-15-23(16-20(25-17)19-12-6-3-7-13-19)21(24)22-14-8-11-18-9-4-2-5-10-18/h2-7,9-10,12-13,17,20H,14-16H2,1H3,(H,22,24). The van der Waals surface area contributed by atoms with Gasteiger partial charge in [-0.2, -0.15) is 0 Å². The van der Waals surface area contributed by atoms with E-state index in [2.05, 4.69) is 17.2 Å². The third-order valence-electron chi connectivity index (χ3n) is 4.05. The Hall–Kier alpha value is -2.77. The number of ether oxygens (including phenoxy) is 1. The molecule has 1 heterocycles. The van der Waals surface area contributed by atoms with E-state index >= 15 is 0 Å². The summed E-state index contributed by atoms with van der Waals surface area (Å²) in [4.78, 5) is 14.2. The minimum Gasteiger partial charge on any atom is -0.367 e. The van der Waals surface area contributed by atoms with Gasteiger partial charge in [-0.1, -0.05) is 60.4 Å². The zero-order valence-corrected chi connectivity index (χ0v) is 14.3. The predicted octanol–water partition coefficient (Wildman–Crippen LogP) is 3.21. The molecule has 0 aliphatic carbocycles. The summed E-state index contributed by atoms with van der Waals surface area (Å²) >= 11 is 0. The van der Waals surface area contributed by atoms with Gasteiger partial charge in [-0.05, 0) is 24.6 Å². The molecular formula is C21H22N2O2. The lowest BCUT2D eigenvalue weighted by Gasteiger charge is -2.36. The van der Waals surface area contributed by atoms with Crippen molar-refractivity contribution in [3.8, 4) is 11.8 Å². The minimum absolute atomic E-state index is 0.000101. The summed E-state index contributed by atoms with van der Waals surface area (Å²) in [7, 11) is 0. The smallest absolute Gasteiger partial charge is 0.318 e. The van der Waals surface area contributed by atoms with Crippen LogP contribution in [0, 0.1) is 11.8 Å². The summed E-state index contributed by atoms with van der Waals surface area (Å²) in [5.41, 5.74) is 2.04. The fourth-order valence-corrected chi connectivity index (χ4v) is 2.87. The number of urea groups is 1. The number of morpholine rings is 1. The molecule has 2 aromatic carbocycles. The van der Waals surface area contributed by atoms with Gasteiger partial charge in [0.2, 0.25) is 0 Å². The van der Waals surface area contributed by atoms with Crippen LogP contribution in [-0.2, 0) is 4.74 Å². The van der Waals surface area contributed by atoms with Crippen LogP contribution in [0.25, 0.3) is 0 Å². The van der Waals surface area contributed by atoms with Crippen LogP contribution in [0.1, 0.15) is 24.2 Å². The number of nitrogens with one attached hydrogen (secondary N) is 1. The Morgan fingerprint density at radius 3 is 2.52 bits per heavy atom. The van der Waals surface area contributed by atoms with Gasteiger partial charge in [0.1, 0.15) is 6.10 Å². The van der Waals surface area contributed by atoms with Gasteiger partial charge in [-0.15, -0.1) is 0 Å². The van der Waals surface area contributed by atoms with Gasteiger partial charge in [-0.3, -0.25) is 0 Å². The third-order valence-corrected chi connectivity index (χ3v) is 4.05.